The Hall–Kier alpha value is -1.10. The van der Waals surface area contributed by atoms with E-state index in [9.17, 15) is 9.59 Å². The Labute approximate surface area is 109 Å². The number of carbonyl (C=O) groups is 2. The second-order valence-corrected chi connectivity index (χ2v) is 4.65. The van der Waals surface area contributed by atoms with Crippen molar-refractivity contribution in [3.05, 3.63) is 0 Å². The molecule has 0 rings (SSSR count). The number of hydrogen-bond donors (Lipinski definition) is 0. The van der Waals surface area contributed by atoms with E-state index in [-0.39, 0.29) is 18.3 Å². The monoisotopic (exact) mass is 259 g/mol. The van der Waals surface area contributed by atoms with E-state index in [4.69, 9.17) is 4.74 Å². The maximum Gasteiger partial charge on any atom is 0.307 e. The molecule has 0 N–H and O–H groups in total. The maximum atomic E-state index is 12.0. The van der Waals surface area contributed by atoms with Crippen LogP contribution in [0, 0.1) is 5.92 Å². The molecule has 0 atom stereocenters. The number of esters is 1. The first-order valence-electron chi connectivity index (χ1n) is 6.34. The van der Waals surface area contributed by atoms with Crippen molar-refractivity contribution in [3.8, 4) is 0 Å². The van der Waals surface area contributed by atoms with Crippen molar-refractivity contribution in [2.75, 3.05) is 33.9 Å². The molecular weight excluding hydrogens is 234 g/mol. The minimum Gasteiger partial charge on any atom is -0.469 e. The third-order valence-electron chi connectivity index (χ3n) is 2.53. The van der Waals surface area contributed by atoms with Crippen LogP contribution in [-0.4, -0.2) is 50.7 Å². The molecule has 18 heavy (non-hydrogen) atoms. The van der Waals surface area contributed by atoms with Gasteiger partial charge in [-0.25, -0.2) is 0 Å². The predicted octanol–water partition coefficient (Wildman–Crippen LogP) is 1.46. The highest BCUT2D eigenvalue weighted by Crippen LogP contribution is 2.06. The van der Waals surface area contributed by atoms with Gasteiger partial charge in [0, 0.05) is 33.2 Å². The van der Waals surface area contributed by atoms with Crippen molar-refractivity contribution in [1.29, 1.82) is 0 Å². The second-order valence-electron chi connectivity index (χ2n) is 4.65. The van der Waals surface area contributed by atoms with Gasteiger partial charge in [-0.05, 0) is 12.3 Å². The van der Waals surface area contributed by atoms with E-state index in [1.54, 1.807) is 12.0 Å². The number of ether oxygens (including phenoxy) is 2. The van der Waals surface area contributed by atoms with Gasteiger partial charge in [-0.15, -0.1) is 0 Å². The normalized spacial score (nSPS) is 10.5. The Kier molecular flexibility index (Phi) is 9.28. The minimum atomic E-state index is -0.288. The average molecular weight is 259 g/mol. The lowest BCUT2D eigenvalue weighted by Crippen LogP contribution is -2.35. The fourth-order valence-electron chi connectivity index (χ4n) is 1.57. The largest absolute Gasteiger partial charge is 0.469 e. The van der Waals surface area contributed by atoms with Gasteiger partial charge in [-0.3, -0.25) is 9.59 Å². The molecule has 0 aromatic rings. The van der Waals surface area contributed by atoms with Crippen molar-refractivity contribution < 1.29 is 19.1 Å². The standard InChI is InChI=1S/C13H25NO4/c1-11(2)10-12(15)14(7-5-9-17-3)8-6-13(16)18-4/h11H,5-10H2,1-4H3. The van der Waals surface area contributed by atoms with E-state index in [0.717, 1.165) is 6.42 Å². The Morgan fingerprint density at radius 2 is 1.83 bits per heavy atom. The lowest BCUT2D eigenvalue weighted by atomic mass is 10.1. The first kappa shape index (κ1) is 16.9. The van der Waals surface area contributed by atoms with Crippen molar-refractivity contribution >= 4 is 11.9 Å². The Morgan fingerprint density at radius 3 is 2.33 bits per heavy atom. The highest BCUT2D eigenvalue weighted by atomic mass is 16.5. The van der Waals surface area contributed by atoms with Crippen LogP contribution in [0.5, 0.6) is 0 Å². The van der Waals surface area contributed by atoms with Gasteiger partial charge in [0.05, 0.1) is 13.5 Å². The summed E-state index contributed by atoms with van der Waals surface area (Å²) in [6, 6.07) is 0. The highest BCUT2D eigenvalue weighted by Gasteiger charge is 2.15. The molecule has 106 valence electrons. The molecule has 5 nitrogen and oxygen atoms in total. The summed E-state index contributed by atoms with van der Waals surface area (Å²) in [5.41, 5.74) is 0. The Balaban J connectivity index is 4.22. The van der Waals surface area contributed by atoms with Crippen molar-refractivity contribution in [2.24, 2.45) is 5.92 Å². The average Bonchev–Trinajstić information content (AvgIpc) is 2.32. The summed E-state index contributed by atoms with van der Waals surface area (Å²) in [6.07, 6.45) is 1.53. The molecule has 1 amide bonds. The van der Waals surface area contributed by atoms with Crippen LogP contribution < -0.4 is 0 Å². The van der Waals surface area contributed by atoms with E-state index in [0.29, 0.717) is 32.0 Å². The Morgan fingerprint density at radius 1 is 1.17 bits per heavy atom. The molecule has 5 heteroatoms. The fourth-order valence-corrected chi connectivity index (χ4v) is 1.57. The van der Waals surface area contributed by atoms with Gasteiger partial charge in [-0.1, -0.05) is 13.8 Å². The van der Waals surface area contributed by atoms with Gasteiger partial charge in [0.25, 0.3) is 0 Å². The lowest BCUT2D eigenvalue weighted by molar-refractivity contribution is -0.141. The highest BCUT2D eigenvalue weighted by molar-refractivity contribution is 5.77. The number of rotatable bonds is 9. The van der Waals surface area contributed by atoms with E-state index in [1.807, 2.05) is 13.8 Å². The molecule has 0 aliphatic rings. The predicted molar refractivity (Wildman–Crippen MR) is 69.2 cm³/mol. The first-order valence-corrected chi connectivity index (χ1v) is 6.34. The van der Waals surface area contributed by atoms with Crippen LogP contribution in [0.25, 0.3) is 0 Å². The molecule has 0 spiro atoms. The second kappa shape index (κ2) is 9.88. The zero-order valence-electron chi connectivity index (χ0n) is 11.9. The summed E-state index contributed by atoms with van der Waals surface area (Å²) < 4.78 is 9.56. The van der Waals surface area contributed by atoms with Crippen LogP contribution in [0.15, 0.2) is 0 Å². The summed E-state index contributed by atoms with van der Waals surface area (Å²) in [4.78, 5) is 24.8. The molecule has 0 saturated heterocycles. The molecule has 0 aliphatic carbocycles. The molecule has 0 aromatic carbocycles. The molecule has 0 aliphatic heterocycles. The number of hydrogen-bond acceptors (Lipinski definition) is 4. The van der Waals surface area contributed by atoms with E-state index in [2.05, 4.69) is 4.74 Å². The van der Waals surface area contributed by atoms with Crippen molar-refractivity contribution in [1.82, 2.24) is 4.90 Å². The summed E-state index contributed by atoms with van der Waals surface area (Å²) in [6.45, 7) is 5.67. The first-order chi connectivity index (χ1) is 8.51. The summed E-state index contributed by atoms with van der Waals surface area (Å²) >= 11 is 0. The third-order valence-corrected chi connectivity index (χ3v) is 2.53. The van der Waals surface area contributed by atoms with E-state index >= 15 is 0 Å². The zero-order chi connectivity index (χ0) is 14.0. The topological polar surface area (TPSA) is 55.8 Å². The SMILES string of the molecule is COCCCN(CCC(=O)OC)C(=O)CC(C)C. The number of carbonyl (C=O) groups excluding carboxylic acids is 2. The molecule has 0 fully saturated rings. The maximum absolute atomic E-state index is 12.0. The zero-order valence-corrected chi connectivity index (χ0v) is 11.9. The molecular formula is C13H25NO4. The third kappa shape index (κ3) is 8.06. The van der Waals surface area contributed by atoms with Crippen molar-refractivity contribution in [3.63, 3.8) is 0 Å². The van der Waals surface area contributed by atoms with Gasteiger partial charge in [0.15, 0.2) is 0 Å². The Bertz CT molecular complexity index is 253. The van der Waals surface area contributed by atoms with Gasteiger partial charge in [-0.2, -0.15) is 0 Å². The van der Waals surface area contributed by atoms with E-state index < -0.39 is 0 Å². The number of methoxy groups -OCH3 is 2. The summed E-state index contributed by atoms with van der Waals surface area (Å²) in [5, 5.41) is 0. The molecule has 0 aromatic heterocycles. The summed E-state index contributed by atoms with van der Waals surface area (Å²) in [7, 11) is 2.99. The van der Waals surface area contributed by atoms with Gasteiger partial charge >= 0.3 is 5.97 Å². The van der Waals surface area contributed by atoms with E-state index in [1.165, 1.54) is 7.11 Å². The molecule has 0 heterocycles. The van der Waals surface area contributed by atoms with Gasteiger partial charge in [0.1, 0.15) is 0 Å². The number of amides is 1. The fraction of sp³-hybridized carbons (Fsp3) is 0.846. The molecule has 0 unspecified atom stereocenters. The van der Waals surface area contributed by atoms with Crippen LogP contribution in [0.3, 0.4) is 0 Å². The van der Waals surface area contributed by atoms with Crippen LogP contribution in [-0.2, 0) is 19.1 Å². The summed E-state index contributed by atoms with van der Waals surface area (Å²) in [5.74, 6) is 0.120. The molecule has 0 bridgehead atoms. The van der Waals surface area contributed by atoms with Gasteiger partial charge < -0.3 is 14.4 Å². The van der Waals surface area contributed by atoms with Crippen LogP contribution in [0.1, 0.15) is 33.1 Å². The quantitative estimate of drug-likeness (QED) is 0.464. The lowest BCUT2D eigenvalue weighted by Gasteiger charge is -2.23. The van der Waals surface area contributed by atoms with Crippen LogP contribution >= 0.6 is 0 Å². The van der Waals surface area contributed by atoms with Gasteiger partial charge in [0.2, 0.25) is 5.91 Å². The minimum absolute atomic E-state index is 0.0880. The molecule has 0 radical (unpaired) electrons. The van der Waals surface area contributed by atoms with Crippen molar-refractivity contribution in [2.45, 2.75) is 33.1 Å². The van der Waals surface area contributed by atoms with Crippen LogP contribution in [0.2, 0.25) is 0 Å². The smallest absolute Gasteiger partial charge is 0.307 e. The molecule has 0 saturated carbocycles. The number of nitrogens with zero attached hydrogens (tertiary/aromatic N) is 1. The van der Waals surface area contributed by atoms with Crippen LogP contribution in [0.4, 0.5) is 0 Å².